The highest BCUT2D eigenvalue weighted by atomic mass is 32.5. The molecule has 0 amide bonds. The molecule has 0 spiro atoms. The van der Waals surface area contributed by atoms with E-state index in [1.807, 2.05) is 0 Å². The molecule has 15 heavy (non-hydrogen) atoms. The maximum atomic E-state index is 10.8. The summed E-state index contributed by atoms with van der Waals surface area (Å²) in [6.07, 6.45) is 2.91. The van der Waals surface area contributed by atoms with Crippen molar-refractivity contribution in [1.82, 2.24) is 15.1 Å². The Morgan fingerprint density at radius 3 is 2.80 bits per heavy atom. The molecule has 0 fully saturated rings. The van der Waals surface area contributed by atoms with Crippen LogP contribution < -0.4 is 5.09 Å². The van der Waals surface area contributed by atoms with Crippen LogP contribution in [0.5, 0.6) is 0 Å². The minimum atomic E-state index is -3.73. The number of carboxylic acid groups (broad SMARTS) is 1. The summed E-state index contributed by atoms with van der Waals surface area (Å²) in [4.78, 5) is 35.1. The van der Waals surface area contributed by atoms with Crippen LogP contribution in [-0.2, 0) is 23.0 Å². The molecule has 9 heteroatoms. The minimum Gasteiger partial charge on any atom is -0.480 e. The van der Waals surface area contributed by atoms with Crippen LogP contribution in [0.2, 0.25) is 0 Å². The zero-order valence-corrected chi connectivity index (χ0v) is 9.20. The first-order valence-electron chi connectivity index (χ1n) is 3.92. The maximum absolute atomic E-state index is 10.8. The van der Waals surface area contributed by atoms with E-state index in [0.29, 0.717) is 5.69 Å². The molecule has 5 N–H and O–H groups in total. The number of aromatic amines is 1. The van der Waals surface area contributed by atoms with Gasteiger partial charge in [0, 0.05) is 18.3 Å². The van der Waals surface area contributed by atoms with E-state index in [2.05, 4.69) is 26.9 Å². The van der Waals surface area contributed by atoms with Crippen LogP contribution in [0.25, 0.3) is 0 Å². The molecule has 1 atom stereocenters. The highest BCUT2D eigenvalue weighted by Crippen LogP contribution is 2.30. The number of carbonyl (C=O) groups is 1. The number of nitrogens with zero attached hydrogens (tertiary/aromatic N) is 1. The van der Waals surface area contributed by atoms with Gasteiger partial charge >= 0.3 is 5.97 Å². The lowest BCUT2D eigenvalue weighted by Gasteiger charge is -2.16. The minimum absolute atomic E-state index is 0.0504. The van der Waals surface area contributed by atoms with Gasteiger partial charge in [-0.3, -0.25) is 4.79 Å². The van der Waals surface area contributed by atoms with Gasteiger partial charge in [0.25, 0.3) is 6.64 Å². The number of aliphatic carboxylic acids is 1. The van der Waals surface area contributed by atoms with E-state index in [0.717, 1.165) is 0 Å². The number of aromatic nitrogens is 2. The number of carboxylic acids is 1. The molecule has 1 aromatic rings. The summed E-state index contributed by atoms with van der Waals surface area (Å²) in [6, 6.07) is -1.15. The van der Waals surface area contributed by atoms with Crippen molar-refractivity contribution >= 4 is 24.4 Å². The predicted molar refractivity (Wildman–Crippen MR) is 55.6 cm³/mol. The van der Waals surface area contributed by atoms with Gasteiger partial charge in [-0.25, -0.2) is 10.1 Å². The van der Waals surface area contributed by atoms with Crippen LogP contribution in [-0.4, -0.2) is 36.9 Å². The smallest absolute Gasteiger partial charge is 0.321 e. The Labute approximate surface area is 90.4 Å². The summed E-state index contributed by atoms with van der Waals surface area (Å²) < 4.78 is 0. The van der Waals surface area contributed by atoms with E-state index < -0.39 is 18.7 Å². The van der Waals surface area contributed by atoms with Crippen molar-refractivity contribution in [2.75, 3.05) is 0 Å². The molecule has 1 aromatic heterocycles. The fourth-order valence-electron chi connectivity index (χ4n) is 1.01. The third kappa shape index (κ3) is 4.50. The Balaban J connectivity index is 2.68. The van der Waals surface area contributed by atoms with E-state index in [9.17, 15) is 4.79 Å². The summed E-state index contributed by atoms with van der Waals surface area (Å²) >= 11 is 4.30. The van der Waals surface area contributed by atoms with Gasteiger partial charge in [0.15, 0.2) is 0 Å². The van der Waals surface area contributed by atoms with Gasteiger partial charge in [-0.2, -0.15) is 0 Å². The second-order valence-corrected chi connectivity index (χ2v) is 5.72. The average Bonchev–Trinajstić information content (AvgIpc) is 2.52. The second-order valence-electron chi connectivity index (χ2n) is 2.84. The monoisotopic (exact) mass is 251 g/mol. The quantitative estimate of drug-likeness (QED) is 0.435. The number of imidazole rings is 1. The molecule has 0 saturated heterocycles. The molecule has 0 aliphatic rings. The van der Waals surface area contributed by atoms with Gasteiger partial charge in [-0.05, 0) is 11.8 Å². The topological polar surface area (TPSA) is 118 Å². The summed E-state index contributed by atoms with van der Waals surface area (Å²) in [5.41, 5.74) is 0.568. The van der Waals surface area contributed by atoms with E-state index in [-0.39, 0.29) is 6.42 Å². The molecule has 1 rings (SSSR count). The summed E-state index contributed by atoms with van der Waals surface area (Å²) in [6.45, 7) is -3.73. The predicted octanol–water partition coefficient (Wildman–Crippen LogP) is -0.796. The Morgan fingerprint density at radius 1 is 1.73 bits per heavy atom. The van der Waals surface area contributed by atoms with Crippen LogP contribution >= 0.6 is 6.64 Å². The van der Waals surface area contributed by atoms with Crippen LogP contribution in [0.1, 0.15) is 5.69 Å². The molecule has 0 radical (unpaired) electrons. The zero-order chi connectivity index (χ0) is 11.5. The third-order valence-electron chi connectivity index (χ3n) is 1.60. The number of hydrogen-bond donors (Lipinski definition) is 5. The molecule has 0 saturated carbocycles. The van der Waals surface area contributed by atoms with E-state index in [1.54, 1.807) is 0 Å². The normalized spacial score (nSPS) is 13.7. The van der Waals surface area contributed by atoms with Crippen molar-refractivity contribution in [1.29, 1.82) is 0 Å². The summed E-state index contributed by atoms with van der Waals surface area (Å²) in [7, 11) is 0. The lowest BCUT2D eigenvalue weighted by atomic mass is 10.2. The molecule has 0 aliphatic carbocycles. The summed E-state index contributed by atoms with van der Waals surface area (Å²) in [5, 5.41) is 10.9. The lowest BCUT2D eigenvalue weighted by Crippen LogP contribution is -2.36. The van der Waals surface area contributed by atoms with Crippen molar-refractivity contribution in [2.24, 2.45) is 0 Å². The highest BCUT2D eigenvalue weighted by Gasteiger charge is 2.23. The first-order valence-corrected chi connectivity index (χ1v) is 6.62. The number of H-pyrrole nitrogens is 1. The van der Waals surface area contributed by atoms with Crippen LogP contribution in [0.15, 0.2) is 12.5 Å². The number of rotatable bonds is 5. The first-order chi connectivity index (χ1) is 6.88. The second kappa shape index (κ2) is 4.82. The number of nitrogens with one attached hydrogen (secondary N) is 2. The Kier molecular flexibility index (Phi) is 3.95. The molecule has 0 aliphatic heterocycles. The fourth-order valence-corrected chi connectivity index (χ4v) is 2.00. The molecule has 0 aromatic carbocycles. The first kappa shape index (κ1) is 12.3. The molecule has 0 unspecified atom stereocenters. The zero-order valence-electron chi connectivity index (χ0n) is 7.49. The van der Waals surface area contributed by atoms with Crippen molar-refractivity contribution in [3.8, 4) is 0 Å². The molecule has 1 heterocycles. The number of hydrogen-bond acceptors (Lipinski definition) is 3. The maximum Gasteiger partial charge on any atom is 0.321 e. The standard InChI is InChI=1S/C6H10N3O4PS/c10-6(11)5(9-14(12,13)15)1-4-2-7-3-8-4/h2-3,5H,1H2,(H,7,8)(H,10,11)(H3,9,12,13,15)/t5-/m0/s1. The highest BCUT2D eigenvalue weighted by molar-refractivity contribution is 8.08. The average molecular weight is 251 g/mol. The third-order valence-corrected chi connectivity index (χ3v) is 2.57. The van der Waals surface area contributed by atoms with E-state index in [1.165, 1.54) is 12.5 Å². The molecular weight excluding hydrogens is 241 g/mol. The van der Waals surface area contributed by atoms with Gasteiger partial charge in [0.05, 0.1) is 6.33 Å². The molecule has 84 valence electrons. The fraction of sp³-hybridized carbons (Fsp3) is 0.333. The largest absolute Gasteiger partial charge is 0.480 e. The van der Waals surface area contributed by atoms with Gasteiger partial charge < -0.3 is 19.9 Å². The van der Waals surface area contributed by atoms with Crippen LogP contribution in [0.4, 0.5) is 0 Å². The van der Waals surface area contributed by atoms with Gasteiger partial charge in [-0.1, -0.05) is 0 Å². The Hall–Kier alpha value is -0.790. The molecule has 7 nitrogen and oxygen atoms in total. The summed E-state index contributed by atoms with van der Waals surface area (Å²) in [5.74, 6) is -1.21. The van der Waals surface area contributed by atoms with Gasteiger partial charge in [0.2, 0.25) is 0 Å². The van der Waals surface area contributed by atoms with Crippen LogP contribution in [0.3, 0.4) is 0 Å². The van der Waals surface area contributed by atoms with E-state index in [4.69, 9.17) is 14.9 Å². The van der Waals surface area contributed by atoms with Crippen molar-refractivity contribution in [2.45, 2.75) is 12.5 Å². The Bertz CT molecular complexity index is 376. The SMILES string of the molecule is O=C(O)[C@H](Cc1cnc[nH]1)NP(O)(O)=S. The van der Waals surface area contributed by atoms with Gasteiger partial charge in [-0.15, -0.1) is 0 Å². The van der Waals surface area contributed by atoms with E-state index >= 15 is 0 Å². The van der Waals surface area contributed by atoms with Crippen LogP contribution in [0, 0.1) is 0 Å². The lowest BCUT2D eigenvalue weighted by molar-refractivity contribution is -0.139. The van der Waals surface area contributed by atoms with Crippen molar-refractivity contribution in [3.63, 3.8) is 0 Å². The molecule has 0 bridgehead atoms. The molecular formula is C6H10N3O4PS. The van der Waals surface area contributed by atoms with Crippen molar-refractivity contribution < 1.29 is 19.7 Å². The Morgan fingerprint density at radius 2 is 2.40 bits per heavy atom. The van der Waals surface area contributed by atoms with Gasteiger partial charge in [0.1, 0.15) is 6.04 Å². The van der Waals surface area contributed by atoms with Crippen molar-refractivity contribution in [3.05, 3.63) is 18.2 Å².